The van der Waals surface area contributed by atoms with Crippen LogP contribution in [-0.4, -0.2) is 41.4 Å². The summed E-state index contributed by atoms with van der Waals surface area (Å²) < 4.78 is 12.1. The third kappa shape index (κ3) is 2.94. The molecule has 0 bridgehead atoms. The minimum absolute atomic E-state index is 0.0333. The predicted molar refractivity (Wildman–Crippen MR) is 76.0 cm³/mol. The van der Waals surface area contributed by atoms with E-state index in [1.54, 1.807) is 0 Å². The van der Waals surface area contributed by atoms with Crippen molar-refractivity contribution in [3.63, 3.8) is 0 Å². The average Bonchev–Trinajstić information content (AvgIpc) is 2.81. The molecule has 3 heterocycles. The SMILES string of the molecule is CCc1cc(OC2COC3(CCNCC3)C2)nc(C)n1. The smallest absolute Gasteiger partial charge is 0.217 e. The van der Waals surface area contributed by atoms with Gasteiger partial charge in [-0.2, -0.15) is 4.98 Å². The summed E-state index contributed by atoms with van der Waals surface area (Å²) in [5.41, 5.74) is 1.06. The van der Waals surface area contributed by atoms with Gasteiger partial charge < -0.3 is 14.8 Å². The van der Waals surface area contributed by atoms with Crippen molar-refractivity contribution in [2.45, 2.75) is 51.2 Å². The summed E-state index contributed by atoms with van der Waals surface area (Å²) in [6.45, 7) is 6.75. The van der Waals surface area contributed by atoms with Crippen molar-refractivity contribution in [1.82, 2.24) is 15.3 Å². The lowest BCUT2D eigenvalue weighted by molar-refractivity contribution is -0.0205. The molecule has 110 valence electrons. The number of nitrogens with zero attached hydrogens (tertiary/aromatic N) is 2. The van der Waals surface area contributed by atoms with Gasteiger partial charge >= 0.3 is 0 Å². The number of aromatic nitrogens is 2. The van der Waals surface area contributed by atoms with Gasteiger partial charge in [-0.1, -0.05) is 6.92 Å². The van der Waals surface area contributed by atoms with E-state index in [2.05, 4.69) is 22.2 Å². The molecule has 1 aromatic rings. The lowest BCUT2D eigenvalue weighted by atomic mass is 9.89. The van der Waals surface area contributed by atoms with Gasteiger partial charge in [-0.05, 0) is 39.3 Å². The fraction of sp³-hybridized carbons (Fsp3) is 0.733. The zero-order valence-electron chi connectivity index (χ0n) is 12.3. The monoisotopic (exact) mass is 277 g/mol. The average molecular weight is 277 g/mol. The zero-order chi connectivity index (χ0) is 14.0. The standard InChI is InChI=1S/C15H23N3O2/c1-3-12-8-14(18-11(2)17-12)20-13-9-15(19-10-13)4-6-16-7-5-15/h8,13,16H,3-7,9-10H2,1-2H3. The molecule has 5 heteroatoms. The molecule has 0 saturated carbocycles. The van der Waals surface area contributed by atoms with E-state index < -0.39 is 0 Å². The van der Waals surface area contributed by atoms with E-state index in [0.29, 0.717) is 12.5 Å². The van der Waals surface area contributed by atoms with Crippen LogP contribution in [0.15, 0.2) is 6.07 Å². The van der Waals surface area contributed by atoms with E-state index in [1.807, 2.05) is 13.0 Å². The van der Waals surface area contributed by atoms with Crippen LogP contribution >= 0.6 is 0 Å². The van der Waals surface area contributed by atoms with Gasteiger partial charge in [0.05, 0.1) is 12.2 Å². The maximum Gasteiger partial charge on any atom is 0.217 e. The molecule has 2 saturated heterocycles. The van der Waals surface area contributed by atoms with Crippen molar-refractivity contribution in [3.05, 3.63) is 17.6 Å². The molecule has 1 unspecified atom stereocenters. The van der Waals surface area contributed by atoms with E-state index in [4.69, 9.17) is 9.47 Å². The molecule has 0 aliphatic carbocycles. The topological polar surface area (TPSA) is 56.3 Å². The summed E-state index contributed by atoms with van der Waals surface area (Å²) in [6, 6.07) is 1.94. The second kappa shape index (κ2) is 5.66. The van der Waals surface area contributed by atoms with Crippen LogP contribution in [0.1, 0.15) is 37.7 Å². The molecule has 5 nitrogen and oxygen atoms in total. The predicted octanol–water partition coefficient (Wildman–Crippen LogP) is 1.64. The molecule has 3 rings (SSSR count). The van der Waals surface area contributed by atoms with E-state index in [0.717, 1.165) is 50.3 Å². The maximum atomic E-state index is 6.04. The molecular weight excluding hydrogens is 254 g/mol. The normalized spacial score (nSPS) is 25.0. The van der Waals surface area contributed by atoms with Crippen LogP contribution in [0.3, 0.4) is 0 Å². The lowest BCUT2D eigenvalue weighted by Gasteiger charge is -2.32. The molecule has 1 aromatic heterocycles. The molecule has 2 aliphatic rings. The highest BCUT2D eigenvalue weighted by Gasteiger charge is 2.42. The minimum atomic E-state index is 0.0333. The first-order valence-corrected chi connectivity index (χ1v) is 7.55. The number of hydrogen-bond donors (Lipinski definition) is 1. The Morgan fingerprint density at radius 3 is 2.95 bits per heavy atom. The Balaban J connectivity index is 1.65. The highest BCUT2D eigenvalue weighted by Crippen LogP contribution is 2.35. The van der Waals surface area contributed by atoms with E-state index in [9.17, 15) is 0 Å². The Morgan fingerprint density at radius 1 is 1.40 bits per heavy atom. The molecule has 2 aliphatic heterocycles. The van der Waals surface area contributed by atoms with Gasteiger partial charge in [-0.3, -0.25) is 0 Å². The maximum absolute atomic E-state index is 6.04. The third-order valence-electron chi connectivity index (χ3n) is 4.21. The van der Waals surface area contributed by atoms with Crippen LogP contribution in [0, 0.1) is 6.92 Å². The highest BCUT2D eigenvalue weighted by atomic mass is 16.6. The van der Waals surface area contributed by atoms with Crippen LogP contribution in [0.5, 0.6) is 5.88 Å². The number of aryl methyl sites for hydroxylation is 2. The first-order valence-electron chi connectivity index (χ1n) is 7.55. The minimum Gasteiger partial charge on any atom is -0.472 e. The molecule has 1 N–H and O–H groups in total. The summed E-state index contributed by atoms with van der Waals surface area (Å²) in [7, 11) is 0. The van der Waals surface area contributed by atoms with Crippen molar-refractivity contribution in [2.75, 3.05) is 19.7 Å². The lowest BCUT2D eigenvalue weighted by Crippen LogP contribution is -2.41. The number of rotatable bonds is 3. The summed E-state index contributed by atoms with van der Waals surface area (Å²) in [4.78, 5) is 8.76. The largest absolute Gasteiger partial charge is 0.472 e. The van der Waals surface area contributed by atoms with Crippen LogP contribution in [0.4, 0.5) is 0 Å². The molecule has 0 aromatic carbocycles. The quantitative estimate of drug-likeness (QED) is 0.910. The summed E-state index contributed by atoms with van der Waals surface area (Å²) in [5.74, 6) is 1.46. The fourth-order valence-electron chi connectivity index (χ4n) is 3.12. The van der Waals surface area contributed by atoms with Crippen LogP contribution in [-0.2, 0) is 11.2 Å². The Hall–Kier alpha value is -1.20. The van der Waals surface area contributed by atoms with Gasteiger partial charge in [0.1, 0.15) is 11.9 Å². The number of nitrogens with one attached hydrogen (secondary N) is 1. The fourth-order valence-corrected chi connectivity index (χ4v) is 3.12. The molecule has 1 atom stereocenters. The molecule has 1 spiro atoms. The van der Waals surface area contributed by atoms with Gasteiger partial charge in [0.15, 0.2) is 0 Å². The highest BCUT2D eigenvalue weighted by molar-refractivity contribution is 5.16. The molecular formula is C15H23N3O2. The van der Waals surface area contributed by atoms with Gasteiger partial charge in [0.25, 0.3) is 0 Å². The first-order chi connectivity index (χ1) is 9.69. The second-order valence-corrected chi connectivity index (χ2v) is 5.79. The molecule has 20 heavy (non-hydrogen) atoms. The van der Waals surface area contributed by atoms with Crippen LogP contribution in [0.2, 0.25) is 0 Å². The number of piperidine rings is 1. The van der Waals surface area contributed by atoms with Crippen LogP contribution < -0.4 is 10.1 Å². The van der Waals surface area contributed by atoms with E-state index in [-0.39, 0.29) is 11.7 Å². The van der Waals surface area contributed by atoms with Crippen molar-refractivity contribution < 1.29 is 9.47 Å². The van der Waals surface area contributed by atoms with E-state index in [1.165, 1.54) is 0 Å². The van der Waals surface area contributed by atoms with Gasteiger partial charge in [-0.15, -0.1) is 0 Å². The Morgan fingerprint density at radius 2 is 2.20 bits per heavy atom. The van der Waals surface area contributed by atoms with Crippen molar-refractivity contribution >= 4 is 0 Å². The molecule has 0 amide bonds. The Labute approximate surface area is 120 Å². The summed E-state index contributed by atoms with van der Waals surface area (Å²) in [5, 5.41) is 3.38. The molecule has 0 radical (unpaired) electrons. The van der Waals surface area contributed by atoms with Gasteiger partial charge in [0.2, 0.25) is 5.88 Å². The van der Waals surface area contributed by atoms with Gasteiger partial charge in [-0.25, -0.2) is 4.98 Å². The second-order valence-electron chi connectivity index (χ2n) is 5.79. The van der Waals surface area contributed by atoms with Gasteiger partial charge in [0, 0.05) is 18.2 Å². The van der Waals surface area contributed by atoms with E-state index >= 15 is 0 Å². The summed E-state index contributed by atoms with van der Waals surface area (Å²) >= 11 is 0. The van der Waals surface area contributed by atoms with Crippen molar-refractivity contribution in [3.8, 4) is 5.88 Å². The van der Waals surface area contributed by atoms with Crippen molar-refractivity contribution in [1.29, 1.82) is 0 Å². The first kappa shape index (κ1) is 13.8. The number of hydrogen-bond acceptors (Lipinski definition) is 5. The van der Waals surface area contributed by atoms with Crippen molar-refractivity contribution in [2.24, 2.45) is 0 Å². The Kier molecular flexibility index (Phi) is 3.89. The number of ether oxygens (including phenoxy) is 2. The van der Waals surface area contributed by atoms with Crippen LogP contribution in [0.25, 0.3) is 0 Å². The summed E-state index contributed by atoms with van der Waals surface area (Å²) in [6.07, 6.45) is 4.15. The zero-order valence-corrected chi connectivity index (χ0v) is 12.3. The third-order valence-corrected chi connectivity index (χ3v) is 4.21. The molecule has 2 fully saturated rings. The Bertz CT molecular complexity index is 472.